The first-order valence-electron chi connectivity index (χ1n) is 6.54. The maximum absolute atomic E-state index is 12.5. The van der Waals surface area contributed by atoms with E-state index in [9.17, 15) is 9.59 Å². The van der Waals surface area contributed by atoms with Crippen LogP contribution >= 0.6 is 0 Å². The molecule has 0 spiro atoms. The molecule has 0 saturated carbocycles. The number of carboxylic acid groups (broad SMARTS) is 1. The van der Waals surface area contributed by atoms with Crippen molar-refractivity contribution >= 4 is 12.0 Å². The molecule has 2 atom stereocenters. The summed E-state index contributed by atoms with van der Waals surface area (Å²) in [4.78, 5) is 26.4. The summed E-state index contributed by atoms with van der Waals surface area (Å²) >= 11 is 0. The molecular weight excluding hydrogens is 264 g/mol. The highest BCUT2D eigenvalue weighted by Crippen LogP contribution is 2.21. The van der Waals surface area contributed by atoms with E-state index in [1.165, 1.54) is 4.90 Å². The number of nitrogens with zero attached hydrogens (tertiary/aromatic N) is 2. The first-order valence-corrected chi connectivity index (χ1v) is 6.54. The summed E-state index contributed by atoms with van der Waals surface area (Å²) in [6, 6.07) is -0.304. The summed E-state index contributed by atoms with van der Waals surface area (Å²) in [7, 11) is 3.15. The van der Waals surface area contributed by atoms with E-state index in [0.29, 0.717) is 13.1 Å². The number of likely N-dealkylation sites (tertiary alicyclic amines) is 1. The Morgan fingerprint density at radius 2 is 1.65 bits per heavy atom. The number of aliphatic carboxylic acids is 1. The molecule has 1 N–H and O–H groups in total. The number of carbonyl (C=O) groups is 2. The number of hydrogen-bond donors (Lipinski definition) is 1. The lowest BCUT2D eigenvalue weighted by Gasteiger charge is -2.37. The summed E-state index contributed by atoms with van der Waals surface area (Å²) in [5.41, 5.74) is -0.566. The summed E-state index contributed by atoms with van der Waals surface area (Å²) in [6.45, 7) is 5.91. The van der Waals surface area contributed by atoms with E-state index in [0.717, 1.165) is 0 Å². The zero-order chi connectivity index (χ0) is 15.5. The van der Waals surface area contributed by atoms with Gasteiger partial charge in [-0.15, -0.1) is 0 Å². The van der Waals surface area contributed by atoms with E-state index in [1.807, 2.05) is 20.8 Å². The third-order valence-electron chi connectivity index (χ3n) is 3.43. The quantitative estimate of drug-likeness (QED) is 0.821. The number of rotatable bonds is 4. The average molecular weight is 288 g/mol. The molecule has 0 bridgehead atoms. The third kappa shape index (κ3) is 3.83. The van der Waals surface area contributed by atoms with Crippen LogP contribution in [0.2, 0.25) is 0 Å². The fraction of sp³-hybridized carbons (Fsp3) is 0.846. The third-order valence-corrected chi connectivity index (χ3v) is 3.43. The van der Waals surface area contributed by atoms with Gasteiger partial charge in [-0.2, -0.15) is 0 Å². The molecule has 2 unspecified atom stereocenters. The van der Waals surface area contributed by atoms with E-state index in [2.05, 4.69) is 0 Å². The van der Waals surface area contributed by atoms with Gasteiger partial charge in [-0.1, -0.05) is 0 Å². The van der Waals surface area contributed by atoms with Gasteiger partial charge in [0.15, 0.2) is 0 Å². The van der Waals surface area contributed by atoms with E-state index in [1.54, 1.807) is 19.1 Å². The summed E-state index contributed by atoms with van der Waals surface area (Å²) in [5, 5.41) is 8.97. The van der Waals surface area contributed by atoms with Gasteiger partial charge in [-0.3, -0.25) is 4.79 Å². The molecule has 7 heteroatoms. The van der Waals surface area contributed by atoms with Crippen LogP contribution in [0.4, 0.5) is 4.79 Å². The van der Waals surface area contributed by atoms with Crippen LogP contribution in [-0.4, -0.2) is 78.5 Å². The molecule has 7 nitrogen and oxygen atoms in total. The molecule has 1 rings (SSSR count). The fourth-order valence-electron chi connectivity index (χ4n) is 2.25. The van der Waals surface area contributed by atoms with Gasteiger partial charge in [-0.25, -0.2) is 4.79 Å². The standard InChI is InChI=1S/C13H24N2O5/c1-13(2,3)15(8-11(16)17)12(18)14-6-9(19-4)10(7-14)20-5/h9-10H,6-8H2,1-5H3,(H,16,17). The number of urea groups is 1. The van der Waals surface area contributed by atoms with Crippen LogP contribution < -0.4 is 0 Å². The number of ether oxygens (including phenoxy) is 2. The Hall–Kier alpha value is -1.34. The Kier molecular flexibility index (Phi) is 5.35. The van der Waals surface area contributed by atoms with Gasteiger partial charge in [-0.05, 0) is 20.8 Å². The van der Waals surface area contributed by atoms with Crippen molar-refractivity contribution in [1.82, 2.24) is 9.80 Å². The molecule has 116 valence electrons. The minimum atomic E-state index is -1.03. The SMILES string of the molecule is COC1CN(C(=O)N(CC(=O)O)C(C)(C)C)CC1OC. The summed E-state index contributed by atoms with van der Waals surface area (Å²) in [6.07, 6.45) is -0.369. The van der Waals surface area contributed by atoms with Crippen LogP contribution in [0.5, 0.6) is 0 Å². The number of hydrogen-bond acceptors (Lipinski definition) is 4. The van der Waals surface area contributed by atoms with Crippen molar-refractivity contribution in [2.75, 3.05) is 33.9 Å². The number of carbonyl (C=O) groups excluding carboxylic acids is 1. The Bertz CT molecular complexity index is 354. The second-order valence-corrected chi connectivity index (χ2v) is 5.89. The van der Waals surface area contributed by atoms with Crippen LogP contribution in [-0.2, 0) is 14.3 Å². The second kappa shape index (κ2) is 6.41. The maximum Gasteiger partial charge on any atom is 0.323 e. The first-order chi connectivity index (χ1) is 9.20. The molecule has 2 amide bonds. The van der Waals surface area contributed by atoms with Crippen molar-refractivity contribution < 1.29 is 24.2 Å². The predicted octanol–water partition coefficient (Wildman–Crippen LogP) is 0.637. The zero-order valence-electron chi connectivity index (χ0n) is 12.8. The van der Waals surface area contributed by atoms with Crippen molar-refractivity contribution in [1.29, 1.82) is 0 Å². The molecule has 1 heterocycles. The van der Waals surface area contributed by atoms with Gasteiger partial charge in [0, 0.05) is 19.8 Å². The van der Waals surface area contributed by atoms with Crippen LogP contribution in [0.3, 0.4) is 0 Å². The average Bonchev–Trinajstić information content (AvgIpc) is 2.76. The van der Waals surface area contributed by atoms with Gasteiger partial charge >= 0.3 is 12.0 Å². The smallest absolute Gasteiger partial charge is 0.323 e. The van der Waals surface area contributed by atoms with Crippen molar-refractivity contribution in [2.24, 2.45) is 0 Å². The van der Waals surface area contributed by atoms with Gasteiger partial charge in [0.25, 0.3) is 0 Å². The highest BCUT2D eigenvalue weighted by molar-refractivity contribution is 5.81. The number of carboxylic acids is 1. The highest BCUT2D eigenvalue weighted by Gasteiger charge is 2.40. The summed E-state index contributed by atoms with van der Waals surface area (Å²) < 4.78 is 10.6. The molecule has 20 heavy (non-hydrogen) atoms. The van der Waals surface area contributed by atoms with Crippen molar-refractivity contribution in [2.45, 2.75) is 38.5 Å². The van der Waals surface area contributed by atoms with Gasteiger partial charge in [0.05, 0.1) is 13.1 Å². The Balaban J connectivity index is 2.83. The monoisotopic (exact) mass is 288 g/mol. The van der Waals surface area contributed by atoms with E-state index < -0.39 is 11.5 Å². The molecule has 1 aliphatic rings. The molecule has 1 saturated heterocycles. The highest BCUT2D eigenvalue weighted by atomic mass is 16.5. The lowest BCUT2D eigenvalue weighted by Crippen LogP contribution is -2.53. The molecule has 0 aliphatic carbocycles. The lowest BCUT2D eigenvalue weighted by atomic mass is 10.1. The van der Waals surface area contributed by atoms with Crippen molar-refractivity contribution in [3.05, 3.63) is 0 Å². The van der Waals surface area contributed by atoms with E-state index >= 15 is 0 Å². The Morgan fingerprint density at radius 1 is 1.20 bits per heavy atom. The summed E-state index contributed by atoms with van der Waals surface area (Å²) in [5.74, 6) is -1.03. The van der Waals surface area contributed by atoms with Crippen LogP contribution in [0.15, 0.2) is 0 Å². The molecule has 0 radical (unpaired) electrons. The molecule has 0 aromatic rings. The number of amides is 2. The molecule has 1 aliphatic heterocycles. The van der Waals surface area contributed by atoms with Gasteiger partial charge in [0.2, 0.25) is 0 Å². The fourth-order valence-corrected chi connectivity index (χ4v) is 2.25. The van der Waals surface area contributed by atoms with Crippen molar-refractivity contribution in [3.8, 4) is 0 Å². The molecule has 0 aromatic carbocycles. The van der Waals surface area contributed by atoms with Crippen LogP contribution in [0, 0.1) is 0 Å². The van der Waals surface area contributed by atoms with Crippen molar-refractivity contribution in [3.63, 3.8) is 0 Å². The minimum Gasteiger partial charge on any atom is -0.480 e. The zero-order valence-corrected chi connectivity index (χ0v) is 12.8. The molecule has 0 aromatic heterocycles. The minimum absolute atomic E-state index is 0.185. The first kappa shape index (κ1) is 16.7. The second-order valence-electron chi connectivity index (χ2n) is 5.89. The maximum atomic E-state index is 12.5. The van der Waals surface area contributed by atoms with Gasteiger partial charge in [0.1, 0.15) is 18.8 Å². The Labute approximate surface area is 119 Å². The van der Waals surface area contributed by atoms with E-state index in [4.69, 9.17) is 14.6 Å². The topological polar surface area (TPSA) is 79.3 Å². The Morgan fingerprint density at radius 3 is 1.95 bits per heavy atom. The molecular formula is C13H24N2O5. The van der Waals surface area contributed by atoms with Crippen LogP contribution in [0.1, 0.15) is 20.8 Å². The number of methoxy groups -OCH3 is 2. The molecule has 1 fully saturated rings. The van der Waals surface area contributed by atoms with Gasteiger partial charge < -0.3 is 24.4 Å². The van der Waals surface area contributed by atoms with E-state index in [-0.39, 0.29) is 24.8 Å². The predicted molar refractivity (Wildman–Crippen MR) is 72.7 cm³/mol. The normalized spacial score (nSPS) is 22.9. The lowest BCUT2D eigenvalue weighted by molar-refractivity contribution is -0.138. The van der Waals surface area contributed by atoms with Crippen LogP contribution in [0.25, 0.3) is 0 Å². The largest absolute Gasteiger partial charge is 0.480 e.